The molecule has 0 radical (unpaired) electrons. The normalized spacial score (nSPS) is 11.3. The van der Waals surface area contributed by atoms with E-state index >= 15 is 0 Å². The molecule has 0 aliphatic rings. The summed E-state index contributed by atoms with van der Waals surface area (Å²) in [6.07, 6.45) is -4.87. The van der Waals surface area contributed by atoms with Gasteiger partial charge in [-0.1, -0.05) is 0 Å². The molecule has 4 aromatic rings. The first-order chi connectivity index (χ1) is 16.9. The lowest BCUT2D eigenvalue weighted by Gasteiger charge is -2.08. The molecular formula is C22H12F3N5O6. The summed E-state index contributed by atoms with van der Waals surface area (Å²) in [6.45, 7) is 0. The minimum absolute atomic E-state index is 0.147. The van der Waals surface area contributed by atoms with Gasteiger partial charge in [-0.3, -0.25) is 30.3 Å². The number of alkyl halides is 3. The Morgan fingerprint density at radius 3 is 1.64 bits per heavy atom. The van der Waals surface area contributed by atoms with Crippen LogP contribution in [0.3, 0.4) is 0 Å². The lowest BCUT2D eigenvalue weighted by atomic mass is 10.0. The summed E-state index contributed by atoms with van der Waals surface area (Å²) in [6, 6.07) is 12.4. The lowest BCUT2D eigenvalue weighted by Crippen LogP contribution is -2.06. The van der Waals surface area contributed by atoms with Crippen LogP contribution >= 0.6 is 0 Å². The third-order valence-corrected chi connectivity index (χ3v) is 5.15. The van der Waals surface area contributed by atoms with E-state index in [9.17, 15) is 43.5 Å². The van der Waals surface area contributed by atoms with E-state index in [1.54, 1.807) is 0 Å². The summed E-state index contributed by atoms with van der Waals surface area (Å²) >= 11 is 0. The quantitative estimate of drug-likeness (QED) is 0.246. The standard InChI is InChI=1S/C22H12F3N5O6/c23-22(24,25)15-9-14(10-18(11-15)30(35)36)21-26-19(12-1-5-16(6-2-12)28(31)32)20(27-21)13-3-7-17(8-4-13)29(33)34/h1-11H,(H,26,27). The third-order valence-electron chi connectivity index (χ3n) is 5.15. The number of aromatic nitrogens is 2. The van der Waals surface area contributed by atoms with Crippen molar-refractivity contribution in [1.29, 1.82) is 0 Å². The van der Waals surface area contributed by atoms with Crippen molar-refractivity contribution in [2.24, 2.45) is 0 Å². The second-order valence-corrected chi connectivity index (χ2v) is 7.44. The largest absolute Gasteiger partial charge is 0.416 e. The number of non-ortho nitro benzene ring substituents is 3. The molecule has 0 spiro atoms. The van der Waals surface area contributed by atoms with Crippen LogP contribution in [0.1, 0.15) is 5.56 Å². The minimum atomic E-state index is -4.87. The first-order valence-electron chi connectivity index (χ1n) is 9.91. The van der Waals surface area contributed by atoms with Gasteiger partial charge in [0.25, 0.3) is 17.1 Å². The van der Waals surface area contributed by atoms with Gasteiger partial charge in [-0.2, -0.15) is 13.2 Å². The van der Waals surface area contributed by atoms with E-state index in [-0.39, 0.29) is 34.2 Å². The second kappa shape index (κ2) is 8.90. The second-order valence-electron chi connectivity index (χ2n) is 7.44. The van der Waals surface area contributed by atoms with Crippen LogP contribution in [-0.2, 0) is 6.18 Å². The number of benzene rings is 3. The van der Waals surface area contributed by atoms with Crippen LogP contribution in [0.2, 0.25) is 0 Å². The highest BCUT2D eigenvalue weighted by Gasteiger charge is 2.33. The molecule has 0 aliphatic carbocycles. The van der Waals surface area contributed by atoms with Gasteiger partial charge in [0, 0.05) is 53.1 Å². The maximum Gasteiger partial charge on any atom is 0.416 e. The maximum atomic E-state index is 13.4. The zero-order valence-corrected chi connectivity index (χ0v) is 17.7. The summed E-state index contributed by atoms with van der Waals surface area (Å²) in [5, 5.41) is 33.2. The molecule has 11 nitrogen and oxygen atoms in total. The molecule has 0 fully saturated rings. The van der Waals surface area contributed by atoms with Gasteiger partial charge in [0.2, 0.25) is 0 Å². The number of H-pyrrole nitrogens is 1. The van der Waals surface area contributed by atoms with Crippen molar-refractivity contribution in [2.75, 3.05) is 0 Å². The number of hydrogen-bond donors (Lipinski definition) is 1. The lowest BCUT2D eigenvalue weighted by molar-refractivity contribution is -0.385. The summed E-state index contributed by atoms with van der Waals surface area (Å²) < 4.78 is 40.2. The molecule has 1 aromatic heterocycles. The van der Waals surface area contributed by atoms with Crippen LogP contribution < -0.4 is 0 Å². The smallest absolute Gasteiger partial charge is 0.337 e. The Kier molecular flexibility index (Phi) is 5.93. The van der Waals surface area contributed by atoms with Crippen LogP contribution in [0.25, 0.3) is 33.9 Å². The number of nitrogens with zero attached hydrogens (tertiary/aromatic N) is 4. The van der Waals surface area contributed by atoms with E-state index in [0.29, 0.717) is 23.3 Å². The van der Waals surface area contributed by atoms with Gasteiger partial charge in [-0.15, -0.1) is 0 Å². The molecule has 0 unspecified atom stereocenters. The highest BCUT2D eigenvalue weighted by molar-refractivity contribution is 5.82. The van der Waals surface area contributed by atoms with Gasteiger partial charge in [0.15, 0.2) is 0 Å². The maximum absolute atomic E-state index is 13.4. The first kappa shape index (κ1) is 24.0. The fraction of sp³-hybridized carbons (Fsp3) is 0.0455. The molecule has 1 N–H and O–H groups in total. The van der Waals surface area contributed by atoms with E-state index in [4.69, 9.17) is 0 Å². The predicted molar refractivity (Wildman–Crippen MR) is 120 cm³/mol. The molecule has 3 aromatic carbocycles. The number of nitro benzene ring substituents is 3. The number of aromatic amines is 1. The molecule has 182 valence electrons. The molecule has 36 heavy (non-hydrogen) atoms. The number of halogens is 3. The van der Waals surface area contributed by atoms with Crippen LogP contribution in [0.4, 0.5) is 30.2 Å². The van der Waals surface area contributed by atoms with Gasteiger partial charge >= 0.3 is 6.18 Å². The van der Waals surface area contributed by atoms with E-state index in [1.807, 2.05) is 0 Å². The molecular weight excluding hydrogens is 487 g/mol. The van der Waals surface area contributed by atoms with E-state index in [1.165, 1.54) is 48.5 Å². The highest BCUT2D eigenvalue weighted by Crippen LogP contribution is 2.38. The van der Waals surface area contributed by atoms with Crippen LogP contribution in [-0.4, -0.2) is 24.7 Å². The molecule has 0 aliphatic heterocycles. The summed E-state index contributed by atoms with van der Waals surface area (Å²) in [4.78, 5) is 38.2. The van der Waals surface area contributed by atoms with Gasteiger partial charge < -0.3 is 4.98 Å². The number of imidazole rings is 1. The Labute approximate surface area is 198 Å². The van der Waals surface area contributed by atoms with Gasteiger partial charge in [0.1, 0.15) is 5.82 Å². The van der Waals surface area contributed by atoms with Crippen molar-refractivity contribution >= 4 is 17.1 Å². The molecule has 4 rings (SSSR count). The number of hydrogen-bond acceptors (Lipinski definition) is 7. The summed E-state index contributed by atoms with van der Waals surface area (Å²) in [5.41, 5.74) is -1.59. The zero-order valence-electron chi connectivity index (χ0n) is 17.7. The molecule has 0 saturated heterocycles. The summed E-state index contributed by atoms with van der Waals surface area (Å²) in [5.74, 6) is -0.147. The van der Waals surface area contributed by atoms with E-state index in [2.05, 4.69) is 9.97 Å². The topological polar surface area (TPSA) is 158 Å². The number of nitrogens with one attached hydrogen (secondary N) is 1. The Hall–Kier alpha value is -5.14. The monoisotopic (exact) mass is 499 g/mol. The Bertz CT molecular complexity index is 1420. The zero-order chi connectivity index (χ0) is 26.2. The van der Waals surface area contributed by atoms with Gasteiger partial charge in [-0.25, -0.2) is 4.98 Å². The molecule has 0 amide bonds. The average molecular weight is 499 g/mol. The van der Waals surface area contributed by atoms with Crippen LogP contribution in [0.5, 0.6) is 0 Å². The molecule has 0 bridgehead atoms. The van der Waals surface area contributed by atoms with Crippen molar-refractivity contribution < 1.29 is 27.9 Å². The van der Waals surface area contributed by atoms with E-state index < -0.39 is 32.2 Å². The highest BCUT2D eigenvalue weighted by atomic mass is 19.4. The van der Waals surface area contributed by atoms with Crippen molar-refractivity contribution in [2.45, 2.75) is 6.18 Å². The Balaban J connectivity index is 1.92. The fourth-order valence-corrected chi connectivity index (χ4v) is 3.44. The minimum Gasteiger partial charge on any atom is -0.337 e. The van der Waals surface area contributed by atoms with Crippen molar-refractivity contribution in [1.82, 2.24) is 9.97 Å². The average Bonchev–Trinajstić information content (AvgIpc) is 3.29. The van der Waals surface area contributed by atoms with Crippen LogP contribution in [0, 0.1) is 30.3 Å². The number of rotatable bonds is 6. The van der Waals surface area contributed by atoms with Gasteiger partial charge in [-0.05, 0) is 30.3 Å². The van der Waals surface area contributed by atoms with Crippen LogP contribution in [0.15, 0.2) is 66.7 Å². The van der Waals surface area contributed by atoms with Gasteiger partial charge in [0.05, 0.1) is 31.7 Å². The molecule has 0 atom stereocenters. The molecule has 0 saturated carbocycles. The van der Waals surface area contributed by atoms with E-state index in [0.717, 1.165) is 6.07 Å². The van der Waals surface area contributed by atoms with Crippen molar-refractivity contribution in [3.8, 4) is 33.9 Å². The number of nitro groups is 3. The van der Waals surface area contributed by atoms with Crippen molar-refractivity contribution in [3.63, 3.8) is 0 Å². The Morgan fingerprint density at radius 2 is 1.17 bits per heavy atom. The predicted octanol–water partition coefficient (Wildman–Crippen LogP) is 6.15. The van der Waals surface area contributed by atoms with Crippen molar-refractivity contribution in [3.05, 3.63) is 103 Å². The Morgan fingerprint density at radius 1 is 0.667 bits per heavy atom. The summed E-state index contributed by atoms with van der Waals surface area (Å²) in [7, 11) is 0. The molecule has 14 heteroatoms. The SMILES string of the molecule is O=[N+]([O-])c1ccc(-c2nc(-c3cc([N+](=O)[O-])cc(C(F)(F)F)c3)[nH]c2-c2ccc([N+](=O)[O-])cc2)cc1. The third kappa shape index (κ3) is 4.72. The first-order valence-corrected chi connectivity index (χ1v) is 9.91. The fourth-order valence-electron chi connectivity index (χ4n) is 3.44. The molecule has 1 heterocycles.